The van der Waals surface area contributed by atoms with Crippen LogP contribution in [0.4, 0.5) is 5.69 Å². The largest absolute Gasteiger partial charge is 0.354 e. The quantitative estimate of drug-likeness (QED) is 0.826. The van der Waals surface area contributed by atoms with Crippen LogP contribution in [0.25, 0.3) is 4.91 Å². The number of allylic oxidation sites excluding steroid dienone is 1. The van der Waals surface area contributed by atoms with Crippen LogP contribution in [0.3, 0.4) is 0 Å². The van der Waals surface area contributed by atoms with Crippen LogP contribution in [0.15, 0.2) is 76.1 Å². The summed E-state index contributed by atoms with van der Waals surface area (Å²) < 4.78 is 0. The van der Waals surface area contributed by atoms with Gasteiger partial charge < -0.3 is 5.32 Å². The number of benzene rings is 1. The molecule has 24 heavy (non-hydrogen) atoms. The third kappa shape index (κ3) is 2.61. The predicted molar refractivity (Wildman–Crippen MR) is 96.4 cm³/mol. The van der Waals surface area contributed by atoms with Crippen molar-refractivity contribution in [1.29, 1.82) is 0 Å². The summed E-state index contributed by atoms with van der Waals surface area (Å²) in [6, 6.07) is 13.9. The molecular weight excluding hydrogens is 320 g/mol. The highest BCUT2D eigenvalue weighted by Gasteiger charge is 2.26. The van der Waals surface area contributed by atoms with Crippen LogP contribution in [-0.2, 0) is 4.79 Å². The zero-order valence-electron chi connectivity index (χ0n) is 12.9. The molecular formula is C18H14N4OS. The standard InChI is InChI=1S/C18H14N4OS/c1-11-17(18(23)22-21-11)14-10-15(24-16-8-4-5-9-19-16)12-6-2-3-7-13(12)20-14/h2-10,20H,1H3,(H,22,23)/b17-14-. The fourth-order valence-electron chi connectivity index (χ4n) is 2.66. The maximum absolute atomic E-state index is 12.1. The Kier molecular flexibility index (Phi) is 3.66. The molecule has 0 saturated heterocycles. The summed E-state index contributed by atoms with van der Waals surface area (Å²) in [7, 11) is 0. The molecule has 0 radical (unpaired) electrons. The molecule has 5 nitrogen and oxygen atoms in total. The molecule has 0 atom stereocenters. The van der Waals surface area contributed by atoms with Crippen molar-refractivity contribution in [2.24, 2.45) is 5.10 Å². The van der Waals surface area contributed by atoms with Crippen molar-refractivity contribution in [3.8, 4) is 0 Å². The number of hydrogen-bond acceptors (Lipinski definition) is 5. The minimum atomic E-state index is -0.187. The number of carbonyl (C=O) groups is 1. The molecule has 118 valence electrons. The van der Waals surface area contributed by atoms with E-state index in [0.29, 0.717) is 11.3 Å². The smallest absolute Gasteiger partial charge is 0.275 e. The second kappa shape index (κ2) is 5.98. The molecule has 0 aliphatic carbocycles. The second-order valence-corrected chi connectivity index (χ2v) is 6.44. The Morgan fingerprint density at radius 1 is 1.08 bits per heavy atom. The van der Waals surface area contributed by atoms with Crippen LogP contribution < -0.4 is 10.7 Å². The fraction of sp³-hybridized carbons (Fsp3) is 0.0556. The molecule has 0 saturated carbocycles. The molecule has 1 amide bonds. The topological polar surface area (TPSA) is 66.4 Å². The highest BCUT2D eigenvalue weighted by Crippen LogP contribution is 2.41. The van der Waals surface area contributed by atoms with Crippen LogP contribution in [0.1, 0.15) is 12.5 Å². The first-order chi connectivity index (χ1) is 11.7. The summed E-state index contributed by atoms with van der Waals surface area (Å²) in [6.07, 6.45) is 3.76. The number of carbonyl (C=O) groups excluding carboxylic acids is 1. The number of aromatic nitrogens is 1. The number of hydrogen-bond donors (Lipinski definition) is 2. The van der Waals surface area contributed by atoms with E-state index in [0.717, 1.165) is 26.9 Å². The van der Waals surface area contributed by atoms with E-state index < -0.39 is 0 Å². The van der Waals surface area contributed by atoms with Crippen LogP contribution >= 0.6 is 11.8 Å². The molecule has 6 heteroatoms. The molecule has 2 aliphatic heterocycles. The van der Waals surface area contributed by atoms with Crippen molar-refractivity contribution in [3.63, 3.8) is 0 Å². The van der Waals surface area contributed by atoms with Gasteiger partial charge >= 0.3 is 0 Å². The summed E-state index contributed by atoms with van der Waals surface area (Å²) in [4.78, 5) is 17.5. The Labute approximate surface area is 143 Å². The Morgan fingerprint density at radius 3 is 2.67 bits per heavy atom. The average molecular weight is 334 g/mol. The number of nitrogens with one attached hydrogen (secondary N) is 2. The Morgan fingerprint density at radius 2 is 1.92 bits per heavy atom. The summed E-state index contributed by atoms with van der Waals surface area (Å²) in [5.74, 6) is -0.187. The Hall–Kier alpha value is -2.86. The lowest BCUT2D eigenvalue weighted by molar-refractivity contribution is -0.116. The van der Waals surface area contributed by atoms with E-state index in [4.69, 9.17) is 0 Å². The van der Waals surface area contributed by atoms with Gasteiger partial charge in [-0.1, -0.05) is 36.0 Å². The monoisotopic (exact) mass is 334 g/mol. The van der Waals surface area contributed by atoms with Gasteiger partial charge in [-0.3, -0.25) is 4.79 Å². The van der Waals surface area contributed by atoms with Gasteiger partial charge in [-0.05, 0) is 31.2 Å². The number of hydrazone groups is 1. The maximum atomic E-state index is 12.1. The lowest BCUT2D eigenvalue weighted by atomic mass is 10.0. The Balaban J connectivity index is 1.83. The molecule has 3 heterocycles. The number of nitrogens with zero attached hydrogens (tertiary/aromatic N) is 2. The van der Waals surface area contributed by atoms with Crippen molar-refractivity contribution in [1.82, 2.24) is 10.4 Å². The third-order valence-electron chi connectivity index (χ3n) is 3.77. The van der Waals surface area contributed by atoms with Gasteiger partial charge in [0.05, 0.1) is 17.0 Å². The van der Waals surface area contributed by atoms with Crippen molar-refractivity contribution in [2.45, 2.75) is 11.9 Å². The van der Waals surface area contributed by atoms with Gasteiger partial charge in [-0.25, -0.2) is 10.4 Å². The summed E-state index contributed by atoms with van der Waals surface area (Å²) in [5, 5.41) is 8.26. The molecule has 2 aliphatic rings. The van der Waals surface area contributed by atoms with Crippen molar-refractivity contribution < 1.29 is 4.79 Å². The van der Waals surface area contributed by atoms with E-state index in [-0.39, 0.29) is 5.91 Å². The van der Waals surface area contributed by atoms with Gasteiger partial charge in [0.1, 0.15) is 5.03 Å². The van der Waals surface area contributed by atoms with Gasteiger partial charge in [-0.15, -0.1) is 0 Å². The molecule has 0 spiro atoms. The minimum Gasteiger partial charge on any atom is -0.354 e. The van der Waals surface area contributed by atoms with Crippen molar-refractivity contribution >= 4 is 34.0 Å². The fourth-order valence-corrected chi connectivity index (χ4v) is 3.61. The normalized spacial score (nSPS) is 19.1. The van der Waals surface area contributed by atoms with Crippen molar-refractivity contribution in [2.75, 3.05) is 5.32 Å². The van der Waals surface area contributed by atoms with E-state index in [1.54, 1.807) is 18.0 Å². The van der Waals surface area contributed by atoms with E-state index in [2.05, 4.69) is 26.9 Å². The molecule has 2 N–H and O–H groups in total. The van der Waals surface area contributed by atoms with Crippen LogP contribution in [0, 0.1) is 0 Å². The molecule has 0 unspecified atom stereocenters. The van der Waals surface area contributed by atoms with Crippen LogP contribution in [-0.4, -0.2) is 16.6 Å². The highest BCUT2D eigenvalue weighted by molar-refractivity contribution is 8.08. The third-order valence-corrected chi connectivity index (χ3v) is 4.78. The number of amides is 1. The zero-order chi connectivity index (χ0) is 16.5. The van der Waals surface area contributed by atoms with E-state index >= 15 is 0 Å². The minimum absolute atomic E-state index is 0.187. The number of anilines is 1. The highest BCUT2D eigenvalue weighted by atomic mass is 32.2. The first-order valence-electron chi connectivity index (χ1n) is 7.48. The van der Waals surface area contributed by atoms with Gasteiger partial charge in [0, 0.05) is 22.4 Å². The number of rotatable bonds is 2. The maximum Gasteiger partial charge on any atom is 0.275 e. The number of para-hydroxylation sites is 1. The van der Waals surface area contributed by atoms with E-state index in [9.17, 15) is 4.79 Å². The summed E-state index contributed by atoms with van der Waals surface area (Å²) in [5.41, 5.74) is 6.57. The van der Waals surface area contributed by atoms with Gasteiger partial charge in [-0.2, -0.15) is 5.10 Å². The molecule has 0 bridgehead atoms. The molecule has 1 aromatic carbocycles. The first-order valence-corrected chi connectivity index (χ1v) is 8.30. The zero-order valence-corrected chi connectivity index (χ0v) is 13.7. The summed E-state index contributed by atoms with van der Waals surface area (Å²) in [6.45, 7) is 1.82. The Bertz CT molecular complexity index is 916. The van der Waals surface area contributed by atoms with Crippen LogP contribution in [0.2, 0.25) is 0 Å². The molecule has 1 aromatic heterocycles. The molecule has 4 rings (SSSR count). The second-order valence-electron chi connectivity index (χ2n) is 5.38. The first kappa shape index (κ1) is 14.7. The lowest BCUT2D eigenvalue weighted by Gasteiger charge is -2.22. The van der Waals surface area contributed by atoms with Crippen LogP contribution in [0.5, 0.6) is 0 Å². The van der Waals surface area contributed by atoms with Gasteiger partial charge in [0.25, 0.3) is 5.91 Å². The van der Waals surface area contributed by atoms with Crippen molar-refractivity contribution in [3.05, 3.63) is 71.6 Å². The van der Waals surface area contributed by atoms with E-state index in [1.807, 2.05) is 49.4 Å². The number of thioether (sulfide) groups is 1. The molecule has 2 aromatic rings. The lowest BCUT2D eigenvalue weighted by Crippen LogP contribution is -2.18. The molecule has 0 fully saturated rings. The average Bonchev–Trinajstić information content (AvgIpc) is 2.94. The summed E-state index contributed by atoms with van der Waals surface area (Å²) >= 11 is 1.58. The number of pyridine rings is 1. The van der Waals surface area contributed by atoms with Gasteiger partial charge in [0.2, 0.25) is 0 Å². The number of fused-ring (bicyclic) bond motifs is 1. The SMILES string of the molecule is CC1=NNC(=O)/C1=C1/C=C(Sc2ccccn2)c2ccccc2N1. The van der Waals surface area contributed by atoms with E-state index in [1.165, 1.54) is 0 Å². The van der Waals surface area contributed by atoms with Gasteiger partial charge in [0.15, 0.2) is 0 Å². The predicted octanol–water partition coefficient (Wildman–Crippen LogP) is 3.40.